The van der Waals surface area contributed by atoms with Gasteiger partial charge in [0.15, 0.2) is 5.54 Å². The number of ether oxygens (including phenoxy) is 1. The van der Waals surface area contributed by atoms with Gasteiger partial charge in [-0.2, -0.15) is 5.12 Å². The fraction of sp³-hybridized carbons (Fsp3) is 0.333. The third-order valence-corrected chi connectivity index (χ3v) is 2.70. The average Bonchev–Trinajstić information content (AvgIpc) is 2.36. The Bertz CT molecular complexity index is 459. The molecule has 0 heterocycles. The zero-order valence-electron chi connectivity index (χ0n) is 10.2. The number of nitrogens with zero attached hydrogens (tertiary/aromatic N) is 1. The summed E-state index contributed by atoms with van der Waals surface area (Å²) >= 11 is 5.67. The van der Waals surface area contributed by atoms with Gasteiger partial charge in [-0.25, -0.2) is 4.79 Å². The molecule has 1 aromatic rings. The van der Waals surface area contributed by atoms with Crippen LogP contribution in [-0.2, 0) is 9.53 Å². The smallest absolute Gasteiger partial charge is 0.334 e. The van der Waals surface area contributed by atoms with Gasteiger partial charge in [-0.1, -0.05) is 16.1 Å². The molecule has 0 saturated carbocycles. The van der Waals surface area contributed by atoms with Crippen LogP contribution in [0.3, 0.4) is 0 Å². The van der Waals surface area contributed by atoms with Crippen LogP contribution in [-0.4, -0.2) is 29.6 Å². The molecule has 18 heavy (non-hydrogen) atoms. The molecule has 0 saturated heterocycles. The summed E-state index contributed by atoms with van der Waals surface area (Å²) in [6, 6.07) is 5.69. The van der Waals surface area contributed by atoms with Crippen LogP contribution in [0.15, 0.2) is 24.3 Å². The Labute approximate surface area is 109 Å². The number of halogens is 2. The lowest BCUT2D eigenvalue weighted by Crippen LogP contribution is -2.49. The number of carbonyl (C=O) groups excluding carboxylic acids is 2. The highest BCUT2D eigenvalue weighted by molar-refractivity contribution is 6.30. The maximum atomic E-state index is 13.9. The van der Waals surface area contributed by atoms with Crippen LogP contribution < -0.4 is 0 Å². The number of amides is 1. The quantitative estimate of drug-likeness (QED) is 0.628. The summed E-state index contributed by atoms with van der Waals surface area (Å²) < 4.78 is 18.4. The number of carbonyl (C=O) groups is 2. The number of benzene rings is 1. The fourth-order valence-corrected chi connectivity index (χ4v) is 1.42. The van der Waals surface area contributed by atoms with E-state index in [1.54, 1.807) is 0 Å². The van der Waals surface area contributed by atoms with E-state index in [4.69, 9.17) is 11.6 Å². The third-order valence-electron chi connectivity index (χ3n) is 2.45. The Morgan fingerprint density at radius 1 is 1.28 bits per heavy atom. The van der Waals surface area contributed by atoms with E-state index in [0.29, 0.717) is 5.02 Å². The molecule has 6 heteroatoms. The Balaban J connectivity index is 2.97. The minimum atomic E-state index is -1.69. The summed E-state index contributed by atoms with van der Waals surface area (Å²) in [7, 11) is 1.13. The molecule has 98 valence electrons. The summed E-state index contributed by atoms with van der Waals surface area (Å²) in [6.45, 7) is 2.51. The van der Waals surface area contributed by atoms with Crippen LogP contribution in [0.1, 0.15) is 24.2 Å². The predicted octanol–water partition coefficient (Wildman–Crippen LogP) is 2.62. The van der Waals surface area contributed by atoms with Gasteiger partial charge in [0.05, 0.1) is 7.11 Å². The first-order valence-electron chi connectivity index (χ1n) is 5.15. The standard InChI is InChI=1S/C12H13ClFNO3/c1-12(2,11(17)18-3)15(14)10(16)8-4-6-9(13)7-5-8/h4-7H,1-3H3. The van der Waals surface area contributed by atoms with Crippen LogP contribution in [0.5, 0.6) is 0 Å². The van der Waals surface area contributed by atoms with E-state index < -0.39 is 17.4 Å². The van der Waals surface area contributed by atoms with Crippen LogP contribution in [0.25, 0.3) is 0 Å². The van der Waals surface area contributed by atoms with E-state index in [1.807, 2.05) is 0 Å². The van der Waals surface area contributed by atoms with Crippen molar-refractivity contribution in [1.29, 1.82) is 0 Å². The van der Waals surface area contributed by atoms with Gasteiger partial charge in [-0.15, -0.1) is 0 Å². The first-order chi connectivity index (χ1) is 8.30. The molecule has 0 radical (unpaired) electrons. The molecular formula is C12H13ClFNO3. The highest BCUT2D eigenvalue weighted by Crippen LogP contribution is 2.21. The van der Waals surface area contributed by atoms with Crippen molar-refractivity contribution in [2.24, 2.45) is 0 Å². The van der Waals surface area contributed by atoms with Gasteiger partial charge >= 0.3 is 5.97 Å². The molecule has 0 unspecified atom stereocenters. The first-order valence-corrected chi connectivity index (χ1v) is 5.53. The van der Waals surface area contributed by atoms with Gasteiger partial charge in [0.2, 0.25) is 0 Å². The number of hydrogen-bond donors (Lipinski definition) is 0. The summed E-state index contributed by atoms with van der Waals surface area (Å²) in [6.07, 6.45) is 0. The maximum absolute atomic E-state index is 13.9. The molecule has 0 aliphatic rings. The molecule has 0 atom stereocenters. The Morgan fingerprint density at radius 2 is 1.78 bits per heavy atom. The Morgan fingerprint density at radius 3 is 2.22 bits per heavy atom. The molecule has 4 nitrogen and oxygen atoms in total. The molecule has 1 amide bonds. The van der Waals surface area contributed by atoms with E-state index >= 15 is 0 Å². The minimum absolute atomic E-state index is 0.0962. The topological polar surface area (TPSA) is 46.6 Å². The van der Waals surface area contributed by atoms with Crippen LogP contribution >= 0.6 is 11.6 Å². The van der Waals surface area contributed by atoms with E-state index in [9.17, 15) is 14.1 Å². The van der Waals surface area contributed by atoms with Crippen molar-refractivity contribution in [2.75, 3.05) is 7.11 Å². The van der Waals surface area contributed by atoms with Gasteiger partial charge in [0.25, 0.3) is 5.91 Å². The SMILES string of the molecule is COC(=O)C(C)(C)N(F)C(=O)c1ccc(Cl)cc1. The number of rotatable bonds is 3. The van der Waals surface area contributed by atoms with Gasteiger partial charge in [-0.05, 0) is 38.1 Å². The molecule has 0 aromatic heterocycles. The Kier molecular flexibility index (Phi) is 4.29. The second kappa shape index (κ2) is 5.35. The second-order valence-electron chi connectivity index (χ2n) is 4.14. The van der Waals surface area contributed by atoms with Crippen LogP contribution in [0.4, 0.5) is 4.48 Å². The van der Waals surface area contributed by atoms with Crippen LogP contribution in [0, 0.1) is 0 Å². The molecule has 0 spiro atoms. The zero-order chi connectivity index (χ0) is 13.9. The molecule has 0 aliphatic carbocycles. The van der Waals surface area contributed by atoms with Gasteiger partial charge in [0.1, 0.15) is 0 Å². The second-order valence-corrected chi connectivity index (χ2v) is 4.58. The van der Waals surface area contributed by atoms with Crippen molar-refractivity contribution in [3.8, 4) is 0 Å². The number of hydrogen-bond acceptors (Lipinski definition) is 3. The Hall–Kier alpha value is -1.62. The van der Waals surface area contributed by atoms with Crippen LogP contribution in [0.2, 0.25) is 5.02 Å². The van der Waals surface area contributed by atoms with Crippen molar-refractivity contribution in [2.45, 2.75) is 19.4 Å². The normalized spacial score (nSPS) is 10.9. The van der Waals surface area contributed by atoms with Crippen molar-refractivity contribution < 1.29 is 18.8 Å². The first kappa shape index (κ1) is 14.4. The summed E-state index contributed by atoms with van der Waals surface area (Å²) in [5.74, 6) is -1.77. The molecule has 0 aliphatic heterocycles. The van der Waals surface area contributed by atoms with E-state index in [-0.39, 0.29) is 10.7 Å². The molecule has 0 N–H and O–H groups in total. The molecule has 0 bridgehead atoms. The van der Waals surface area contributed by atoms with E-state index in [1.165, 1.54) is 38.1 Å². The van der Waals surface area contributed by atoms with Crippen molar-refractivity contribution in [3.05, 3.63) is 34.9 Å². The summed E-state index contributed by atoms with van der Waals surface area (Å²) in [5, 5.41) is 0.284. The molecular weight excluding hydrogens is 261 g/mol. The molecule has 1 aromatic carbocycles. The monoisotopic (exact) mass is 273 g/mol. The van der Waals surface area contributed by atoms with Crippen molar-refractivity contribution in [1.82, 2.24) is 5.12 Å². The van der Waals surface area contributed by atoms with E-state index in [0.717, 1.165) is 7.11 Å². The minimum Gasteiger partial charge on any atom is -0.467 e. The van der Waals surface area contributed by atoms with E-state index in [2.05, 4.69) is 4.74 Å². The van der Waals surface area contributed by atoms with Crippen molar-refractivity contribution in [3.63, 3.8) is 0 Å². The lowest BCUT2D eigenvalue weighted by atomic mass is 10.0. The predicted molar refractivity (Wildman–Crippen MR) is 64.8 cm³/mol. The zero-order valence-corrected chi connectivity index (χ0v) is 11.0. The maximum Gasteiger partial charge on any atom is 0.334 e. The molecule has 1 rings (SSSR count). The largest absolute Gasteiger partial charge is 0.467 e. The third kappa shape index (κ3) is 2.79. The summed E-state index contributed by atoms with van der Waals surface area (Å²) in [4.78, 5) is 23.2. The molecule has 0 fully saturated rings. The fourth-order valence-electron chi connectivity index (χ4n) is 1.29. The van der Waals surface area contributed by atoms with Gasteiger partial charge in [0, 0.05) is 10.6 Å². The highest BCUT2D eigenvalue weighted by Gasteiger charge is 2.40. The highest BCUT2D eigenvalue weighted by atomic mass is 35.5. The van der Waals surface area contributed by atoms with Crippen molar-refractivity contribution >= 4 is 23.5 Å². The average molecular weight is 274 g/mol. The van der Waals surface area contributed by atoms with Gasteiger partial charge < -0.3 is 4.74 Å². The summed E-state index contributed by atoms with van der Waals surface area (Å²) in [5.41, 5.74) is -1.59. The van der Waals surface area contributed by atoms with Gasteiger partial charge in [-0.3, -0.25) is 4.79 Å². The lowest BCUT2D eigenvalue weighted by molar-refractivity contribution is -0.160. The lowest BCUT2D eigenvalue weighted by Gasteiger charge is -2.27. The number of methoxy groups -OCH3 is 1. The number of esters is 1.